The van der Waals surface area contributed by atoms with Gasteiger partial charge in [-0.25, -0.2) is 9.59 Å². The van der Waals surface area contributed by atoms with Crippen molar-refractivity contribution in [3.63, 3.8) is 0 Å². The van der Waals surface area contributed by atoms with Crippen molar-refractivity contribution in [3.8, 4) is 11.1 Å². The number of carbonyl (C=O) groups is 2. The van der Waals surface area contributed by atoms with E-state index in [1.807, 2.05) is 36.4 Å². The molecular formula is C16H13NO4S. The standard InChI is InChI=1S/C16H13NO4S/c18-15(17-22-16(19)20)21-9-14-12-7-3-1-5-10(12)11-6-2-4-8-13(11)14/h1-8,14H,9H2,(H,17,18)(H,19,20). The predicted molar refractivity (Wildman–Crippen MR) is 83.8 cm³/mol. The fraction of sp³-hybridized carbons (Fsp3) is 0.125. The van der Waals surface area contributed by atoms with E-state index in [9.17, 15) is 9.59 Å². The van der Waals surface area contributed by atoms with Crippen LogP contribution in [0.4, 0.5) is 9.59 Å². The maximum absolute atomic E-state index is 11.5. The zero-order chi connectivity index (χ0) is 15.5. The van der Waals surface area contributed by atoms with Gasteiger partial charge in [-0.3, -0.25) is 4.72 Å². The first-order valence-electron chi connectivity index (χ1n) is 6.67. The Labute approximate surface area is 131 Å². The topological polar surface area (TPSA) is 75.6 Å². The summed E-state index contributed by atoms with van der Waals surface area (Å²) in [6.07, 6.45) is -0.755. The first kappa shape index (κ1) is 14.5. The van der Waals surface area contributed by atoms with Gasteiger partial charge in [0, 0.05) is 5.92 Å². The number of fused-ring (bicyclic) bond motifs is 3. The fourth-order valence-corrected chi connectivity index (χ4v) is 2.94. The van der Waals surface area contributed by atoms with Crippen molar-refractivity contribution in [2.24, 2.45) is 0 Å². The van der Waals surface area contributed by atoms with Crippen LogP contribution >= 0.6 is 11.9 Å². The Balaban J connectivity index is 1.77. The van der Waals surface area contributed by atoms with E-state index in [-0.39, 0.29) is 24.5 Å². The average Bonchev–Trinajstić information content (AvgIpc) is 2.85. The highest BCUT2D eigenvalue weighted by molar-refractivity contribution is 8.11. The first-order chi connectivity index (χ1) is 10.7. The molecule has 1 aliphatic carbocycles. The Morgan fingerprint density at radius 1 is 1.05 bits per heavy atom. The number of ether oxygens (including phenoxy) is 1. The minimum atomic E-state index is -1.19. The lowest BCUT2D eigenvalue weighted by Gasteiger charge is -2.13. The van der Waals surface area contributed by atoms with Crippen molar-refractivity contribution in [1.82, 2.24) is 4.72 Å². The third kappa shape index (κ3) is 2.78. The third-order valence-corrected chi connectivity index (χ3v) is 4.01. The second kappa shape index (κ2) is 6.11. The van der Waals surface area contributed by atoms with E-state index >= 15 is 0 Å². The maximum Gasteiger partial charge on any atom is 0.417 e. The van der Waals surface area contributed by atoms with Crippen LogP contribution in [0.5, 0.6) is 0 Å². The van der Waals surface area contributed by atoms with Crippen molar-refractivity contribution >= 4 is 23.3 Å². The van der Waals surface area contributed by atoms with E-state index in [1.165, 1.54) is 0 Å². The van der Waals surface area contributed by atoms with Crippen LogP contribution in [-0.4, -0.2) is 23.1 Å². The summed E-state index contributed by atoms with van der Waals surface area (Å²) in [5.74, 6) is -0.0343. The summed E-state index contributed by atoms with van der Waals surface area (Å²) in [7, 11) is 0. The van der Waals surface area contributed by atoms with E-state index in [0.29, 0.717) is 0 Å². The Kier molecular flexibility index (Phi) is 4.02. The minimum absolute atomic E-state index is 0.0343. The van der Waals surface area contributed by atoms with E-state index < -0.39 is 11.4 Å². The van der Waals surface area contributed by atoms with Gasteiger partial charge < -0.3 is 9.84 Å². The van der Waals surface area contributed by atoms with Crippen LogP contribution in [0.2, 0.25) is 0 Å². The van der Waals surface area contributed by atoms with Gasteiger partial charge >= 0.3 is 11.4 Å². The Morgan fingerprint density at radius 2 is 1.59 bits per heavy atom. The van der Waals surface area contributed by atoms with Crippen molar-refractivity contribution in [2.45, 2.75) is 5.92 Å². The van der Waals surface area contributed by atoms with Crippen molar-refractivity contribution in [1.29, 1.82) is 0 Å². The minimum Gasteiger partial charge on any atom is -0.472 e. The van der Waals surface area contributed by atoms with Gasteiger partial charge in [0.2, 0.25) is 0 Å². The fourth-order valence-electron chi connectivity index (χ4n) is 2.71. The molecule has 0 bridgehead atoms. The number of nitrogens with one attached hydrogen (secondary N) is 1. The van der Waals surface area contributed by atoms with Crippen LogP contribution in [0.25, 0.3) is 11.1 Å². The first-order valence-corrected chi connectivity index (χ1v) is 7.49. The summed E-state index contributed by atoms with van der Waals surface area (Å²) in [5.41, 5.74) is 4.52. The zero-order valence-electron chi connectivity index (χ0n) is 11.5. The molecule has 112 valence electrons. The van der Waals surface area contributed by atoms with Crippen LogP contribution in [0.15, 0.2) is 48.5 Å². The highest BCUT2D eigenvalue weighted by Crippen LogP contribution is 2.44. The molecule has 2 aromatic rings. The molecule has 0 radical (unpaired) electrons. The van der Waals surface area contributed by atoms with Crippen LogP contribution in [0, 0.1) is 0 Å². The molecule has 3 rings (SSSR count). The molecule has 0 unspecified atom stereocenters. The largest absolute Gasteiger partial charge is 0.472 e. The Hall–Kier alpha value is -2.47. The molecule has 0 saturated carbocycles. The lowest BCUT2D eigenvalue weighted by Crippen LogP contribution is -2.21. The molecular weight excluding hydrogens is 302 g/mol. The number of hydrogen-bond acceptors (Lipinski definition) is 4. The highest BCUT2D eigenvalue weighted by atomic mass is 32.2. The van der Waals surface area contributed by atoms with Crippen LogP contribution in [-0.2, 0) is 4.74 Å². The number of carboxylic acid groups (broad SMARTS) is 1. The molecule has 0 fully saturated rings. The van der Waals surface area contributed by atoms with Crippen molar-refractivity contribution in [2.75, 3.05) is 6.61 Å². The Morgan fingerprint density at radius 3 is 2.14 bits per heavy atom. The molecule has 5 nitrogen and oxygen atoms in total. The van der Waals surface area contributed by atoms with E-state index in [0.717, 1.165) is 22.3 Å². The van der Waals surface area contributed by atoms with Gasteiger partial charge in [0.1, 0.15) is 6.61 Å². The molecule has 6 heteroatoms. The van der Waals surface area contributed by atoms with Gasteiger partial charge in [0.25, 0.3) is 0 Å². The lowest BCUT2D eigenvalue weighted by atomic mass is 9.98. The van der Waals surface area contributed by atoms with Crippen molar-refractivity contribution in [3.05, 3.63) is 59.7 Å². The summed E-state index contributed by atoms with van der Waals surface area (Å²) in [6.45, 7) is 0.167. The van der Waals surface area contributed by atoms with Gasteiger partial charge in [-0.2, -0.15) is 0 Å². The maximum atomic E-state index is 11.5. The SMILES string of the molecule is O=C(NSC(=O)O)OCC1c2ccccc2-c2ccccc21. The second-order valence-corrected chi connectivity index (χ2v) is 5.55. The molecule has 0 saturated heterocycles. The summed E-state index contributed by atoms with van der Waals surface area (Å²) in [4.78, 5) is 21.9. The number of carbonyl (C=O) groups excluding carboxylic acids is 1. The van der Waals surface area contributed by atoms with Crippen molar-refractivity contribution < 1.29 is 19.4 Å². The quantitative estimate of drug-likeness (QED) is 0.823. The predicted octanol–water partition coefficient (Wildman–Crippen LogP) is 3.85. The average molecular weight is 315 g/mol. The zero-order valence-corrected chi connectivity index (χ0v) is 12.3. The van der Waals surface area contributed by atoms with Gasteiger partial charge in [-0.1, -0.05) is 48.5 Å². The van der Waals surface area contributed by atoms with Gasteiger partial charge in [-0.15, -0.1) is 0 Å². The monoisotopic (exact) mass is 315 g/mol. The molecule has 0 atom stereocenters. The van der Waals surface area contributed by atoms with E-state index in [2.05, 4.69) is 16.9 Å². The smallest absolute Gasteiger partial charge is 0.417 e. The summed E-state index contributed by atoms with van der Waals surface area (Å²) >= 11 is 0.285. The number of amides is 1. The summed E-state index contributed by atoms with van der Waals surface area (Å²) in [5, 5.41) is 7.31. The van der Waals surface area contributed by atoms with Crippen LogP contribution in [0.1, 0.15) is 17.0 Å². The molecule has 1 amide bonds. The third-order valence-electron chi connectivity index (χ3n) is 3.57. The molecule has 0 aromatic heterocycles. The highest BCUT2D eigenvalue weighted by Gasteiger charge is 2.28. The van der Waals surface area contributed by atoms with Gasteiger partial charge in [0.15, 0.2) is 0 Å². The molecule has 22 heavy (non-hydrogen) atoms. The van der Waals surface area contributed by atoms with Crippen LogP contribution < -0.4 is 4.72 Å². The number of rotatable bonds is 2. The second-order valence-electron chi connectivity index (χ2n) is 4.80. The van der Waals surface area contributed by atoms with Crippen LogP contribution in [0.3, 0.4) is 0 Å². The molecule has 2 N–H and O–H groups in total. The van der Waals surface area contributed by atoms with E-state index in [1.54, 1.807) is 0 Å². The van der Waals surface area contributed by atoms with Gasteiger partial charge in [0.05, 0.1) is 11.9 Å². The Bertz CT molecular complexity index is 686. The summed E-state index contributed by atoms with van der Waals surface area (Å²) < 4.78 is 7.27. The molecule has 1 aliphatic rings. The number of benzene rings is 2. The van der Waals surface area contributed by atoms with E-state index in [4.69, 9.17) is 9.84 Å². The molecule has 0 heterocycles. The summed E-state index contributed by atoms with van der Waals surface area (Å²) in [6, 6.07) is 16.0. The normalized spacial score (nSPS) is 12.4. The van der Waals surface area contributed by atoms with Gasteiger partial charge in [-0.05, 0) is 22.3 Å². The molecule has 2 aromatic carbocycles. The molecule has 0 spiro atoms. The lowest BCUT2D eigenvalue weighted by molar-refractivity contribution is 0.150. The number of hydrogen-bond donors (Lipinski definition) is 2. The molecule has 0 aliphatic heterocycles.